The van der Waals surface area contributed by atoms with Gasteiger partial charge in [0.1, 0.15) is 35.4 Å². The Labute approximate surface area is 177 Å². The first-order valence-electron chi connectivity index (χ1n) is 9.85. The van der Waals surface area contributed by atoms with Gasteiger partial charge in [0.15, 0.2) is 5.82 Å². The van der Waals surface area contributed by atoms with E-state index in [1.165, 1.54) is 12.1 Å². The topological polar surface area (TPSA) is 95.0 Å². The van der Waals surface area contributed by atoms with E-state index < -0.39 is 0 Å². The summed E-state index contributed by atoms with van der Waals surface area (Å²) in [6, 6.07) is 6.08. The normalized spacial score (nSPS) is 13.9. The lowest BCUT2D eigenvalue weighted by molar-refractivity contribution is 0.265. The van der Waals surface area contributed by atoms with Crippen molar-refractivity contribution in [1.29, 1.82) is 0 Å². The van der Waals surface area contributed by atoms with Crippen molar-refractivity contribution in [1.82, 2.24) is 34.8 Å². The first-order chi connectivity index (χ1) is 15.1. The molecule has 0 unspecified atom stereocenters. The highest BCUT2D eigenvalue weighted by molar-refractivity contribution is 5.63. The van der Waals surface area contributed by atoms with E-state index in [2.05, 4.69) is 41.8 Å². The number of hydrogen-bond acceptors (Lipinski definition) is 8. The number of halogens is 1. The second-order valence-electron chi connectivity index (χ2n) is 7.43. The summed E-state index contributed by atoms with van der Waals surface area (Å²) in [5.41, 5.74) is 2.78. The van der Waals surface area contributed by atoms with Crippen LogP contribution in [-0.2, 0) is 19.7 Å². The van der Waals surface area contributed by atoms with Gasteiger partial charge >= 0.3 is 0 Å². The first-order valence-corrected chi connectivity index (χ1v) is 9.85. The Hall–Kier alpha value is -3.66. The third-order valence-electron chi connectivity index (χ3n) is 5.27. The minimum absolute atomic E-state index is 0.197. The molecule has 1 aromatic carbocycles. The highest BCUT2D eigenvalue weighted by atomic mass is 19.1. The predicted molar refractivity (Wildman–Crippen MR) is 108 cm³/mol. The zero-order chi connectivity index (χ0) is 21.4. The van der Waals surface area contributed by atoms with E-state index in [0.717, 1.165) is 36.6 Å². The van der Waals surface area contributed by atoms with E-state index in [1.807, 2.05) is 0 Å². The van der Waals surface area contributed by atoms with Crippen LogP contribution in [0.2, 0.25) is 0 Å². The van der Waals surface area contributed by atoms with Crippen LogP contribution in [0.15, 0.2) is 41.2 Å². The summed E-state index contributed by atoms with van der Waals surface area (Å²) in [7, 11) is 2.06. The van der Waals surface area contributed by atoms with Gasteiger partial charge in [-0.3, -0.25) is 4.90 Å². The number of aryl methyl sites for hydroxylation is 1. The maximum atomic E-state index is 13.2. The largest absolute Gasteiger partial charge is 0.471 e. The lowest BCUT2D eigenvalue weighted by Gasteiger charge is -2.23. The number of rotatable bonds is 5. The van der Waals surface area contributed by atoms with Crippen LogP contribution in [0.5, 0.6) is 5.88 Å². The molecule has 0 radical (unpaired) electrons. The SMILES string of the molecule is Cc1onc(-c2ccc(F)cc2)c1COc1cnc(-c2nnc3n2CCN(C)C3)cn1. The third-order valence-corrected chi connectivity index (χ3v) is 5.27. The van der Waals surface area contributed by atoms with Gasteiger partial charge in [0.05, 0.1) is 24.5 Å². The smallest absolute Gasteiger partial charge is 0.232 e. The van der Waals surface area contributed by atoms with Crippen molar-refractivity contribution >= 4 is 0 Å². The summed E-state index contributed by atoms with van der Waals surface area (Å²) in [5.74, 6) is 2.31. The number of ether oxygens (including phenoxy) is 1. The molecular formula is C21H20FN7O2. The average molecular weight is 421 g/mol. The Morgan fingerprint density at radius 2 is 1.94 bits per heavy atom. The first kappa shape index (κ1) is 19.3. The van der Waals surface area contributed by atoms with Crippen LogP contribution < -0.4 is 4.74 Å². The molecule has 1 aliphatic heterocycles. The Bertz CT molecular complexity index is 1200. The molecule has 0 saturated carbocycles. The van der Waals surface area contributed by atoms with Crippen molar-refractivity contribution in [3.05, 3.63) is 59.6 Å². The Morgan fingerprint density at radius 1 is 1.10 bits per heavy atom. The fraction of sp³-hybridized carbons (Fsp3) is 0.286. The van der Waals surface area contributed by atoms with Gasteiger partial charge in [-0.25, -0.2) is 14.4 Å². The van der Waals surface area contributed by atoms with Gasteiger partial charge < -0.3 is 13.8 Å². The zero-order valence-electron chi connectivity index (χ0n) is 17.1. The monoisotopic (exact) mass is 421 g/mol. The van der Waals surface area contributed by atoms with Gasteiger partial charge in [0.25, 0.3) is 0 Å². The van der Waals surface area contributed by atoms with Gasteiger partial charge in [0.2, 0.25) is 5.88 Å². The number of fused-ring (bicyclic) bond motifs is 1. The number of hydrogen-bond donors (Lipinski definition) is 0. The number of nitrogens with zero attached hydrogens (tertiary/aromatic N) is 7. The van der Waals surface area contributed by atoms with Crippen molar-refractivity contribution in [2.24, 2.45) is 0 Å². The van der Waals surface area contributed by atoms with Crippen molar-refractivity contribution < 1.29 is 13.7 Å². The summed E-state index contributed by atoms with van der Waals surface area (Å²) < 4.78 is 26.4. The molecule has 0 atom stereocenters. The Kier molecular flexibility index (Phi) is 4.91. The second-order valence-corrected chi connectivity index (χ2v) is 7.43. The van der Waals surface area contributed by atoms with E-state index >= 15 is 0 Å². The van der Waals surface area contributed by atoms with Crippen LogP contribution in [-0.4, -0.2) is 48.4 Å². The van der Waals surface area contributed by atoms with Gasteiger partial charge in [-0.1, -0.05) is 5.16 Å². The fourth-order valence-corrected chi connectivity index (χ4v) is 3.52. The molecule has 3 aromatic heterocycles. The molecule has 0 spiro atoms. The highest BCUT2D eigenvalue weighted by Gasteiger charge is 2.21. The van der Waals surface area contributed by atoms with Crippen molar-refractivity contribution in [2.45, 2.75) is 26.6 Å². The molecule has 0 fully saturated rings. The quantitative estimate of drug-likeness (QED) is 0.486. The average Bonchev–Trinajstić information content (AvgIpc) is 3.36. The molecule has 4 heterocycles. The number of likely N-dealkylation sites (N-methyl/N-ethyl adjacent to an activating group) is 1. The predicted octanol–water partition coefficient (Wildman–Crippen LogP) is 2.86. The standard InChI is InChI=1S/C21H20FN7O2/c1-13-16(20(27-31-13)14-3-5-15(22)6-4-14)12-30-19-10-23-17(9-24-19)21-26-25-18-11-28(2)7-8-29(18)21/h3-6,9-10H,7-8,11-12H2,1-2H3. The van der Waals surface area contributed by atoms with E-state index in [9.17, 15) is 4.39 Å². The molecule has 0 aliphatic carbocycles. The molecule has 0 amide bonds. The van der Waals surface area contributed by atoms with Gasteiger partial charge in [-0.2, -0.15) is 0 Å². The molecule has 4 aromatic rings. The minimum atomic E-state index is -0.307. The minimum Gasteiger partial charge on any atom is -0.471 e. The molecule has 158 valence electrons. The van der Waals surface area contributed by atoms with E-state index in [0.29, 0.717) is 28.9 Å². The second kappa shape index (κ2) is 7.88. The lowest BCUT2D eigenvalue weighted by Crippen LogP contribution is -2.30. The van der Waals surface area contributed by atoms with Gasteiger partial charge in [0, 0.05) is 18.7 Å². The highest BCUT2D eigenvalue weighted by Crippen LogP contribution is 2.27. The van der Waals surface area contributed by atoms with E-state index in [4.69, 9.17) is 9.26 Å². The van der Waals surface area contributed by atoms with Crippen LogP contribution in [0.1, 0.15) is 17.1 Å². The zero-order valence-corrected chi connectivity index (χ0v) is 17.1. The van der Waals surface area contributed by atoms with Crippen molar-refractivity contribution in [2.75, 3.05) is 13.6 Å². The van der Waals surface area contributed by atoms with Crippen LogP contribution >= 0.6 is 0 Å². The molecule has 9 nitrogen and oxygen atoms in total. The van der Waals surface area contributed by atoms with Crippen LogP contribution in [0.25, 0.3) is 22.8 Å². The molecule has 0 N–H and O–H groups in total. The molecule has 31 heavy (non-hydrogen) atoms. The fourth-order valence-electron chi connectivity index (χ4n) is 3.52. The maximum absolute atomic E-state index is 13.2. The summed E-state index contributed by atoms with van der Waals surface area (Å²) in [6.07, 6.45) is 3.19. The molecule has 0 saturated heterocycles. The van der Waals surface area contributed by atoms with Gasteiger partial charge in [-0.15, -0.1) is 10.2 Å². The van der Waals surface area contributed by atoms with Gasteiger partial charge in [-0.05, 0) is 38.2 Å². The summed E-state index contributed by atoms with van der Waals surface area (Å²) in [6.45, 7) is 4.51. The van der Waals surface area contributed by atoms with Crippen LogP contribution in [0.3, 0.4) is 0 Å². The van der Waals surface area contributed by atoms with Crippen molar-refractivity contribution in [3.8, 4) is 28.7 Å². The van der Waals surface area contributed by atoms with Crippen molar-refractivity contribution in [3.63, 3.8) is 0 Å². The van der Waals surface area contributed by atoms with Crippen LogP contribution in [0, 0.1) is 12.7 Å². The summed E-state index contributed by atoms with van der Waals surface area (Å²) in [4.78, 5) is 11.0. The molecule has 0 bridgehead atoms. The summed E-state index contributed by atoms with van der Waals surface area (Å²) in [5, 5.41) is 12.6. The summed E-state index contributed by atoms with van der Waals surface area (Å²) >= 11 is 0. The third kappa shape index (κ3) is 3.77. The van der Waals surface area contributed by atoms with E-state index in [-0.39, 0.29) is 12.4 Å². The molecule has 10 heteroatoms. The number of benzene rings is 1. The maximum Gasteiger partial charge on any atom is 0.232 e. The Morgan fingerprint density at radius 3 is 2.71 bits per heavy atom. The molecule has 5 rings (SSSR count). The Balaban J connectivity index is 1.32. The van der Waals surface area contributed by atoms with E-state index in [1.54, 1.807) is 31.5 Å². The number of aromatic nitrogens is 6. The van der Waals surface area contributed by atoms with Crippen LogP contribution in [0.4, 0.5) is 4.39 Å². The molecule has 1 aliphatic rings. The molecular weight excluding hydrogens is 401 g/mol. The lowest BCUT2D eigenvalue weighted by atomic mass is 10.1.